The summed E-state index contributed by atoms with van der Waals surface area (Å²) in [5.41, 5.74) is 2.04. The Morgan fingerprint density at radius 2 is 1.75 bits per heavy atom. The summed E-state index contributed by atoms with van der Waals surface area (Å²) in [4.78, 5) is 33.7. The van der Waals surface area contributed by atoms with Crippen LogP contribution in [0, 0.1) is 5.92 Å². The molecule has 0 saturated carbocycles. The second-order valence-corrected chi connectivity index (χ2v) is 8.20. The van der Waals surface area contributed by atoms with E-state index in [0.29, 0.717) is 53.8 Å². The molecule has 0 saturated heterocycles. The topological polar surface area (TPSA) is 101 Å². The van der Waals surface area contributed by atoms with Gasteiger partial charge in [-0.05, 0) is 37.6 Å². The van der Waals surface area contributed by atoms with Crippen LogP contribution in [0.2, 0.25) is 0 Å². The van der Waals surface area contributed by atoms with Gasteiger partial charge in [-0.25, -0.2) is 4.98 Å². The van der Waals surface area contributed by atoms with Crippen LogP contribution in [0.1, 0.15) is 24.9 Å². The van der Waals surface area contributed by atoms with Crippen LogP contribution in [0.15, 0.2) is 36.4 Å². The first kappa shape index (κ1) is 25.3. The Morgan fingerprint density at radius 1 is 1.00 bits per heavy atom. The van der Waals surface area contributed by atoms with Crippen LogP contribution >= 0.6 is 0 Å². The number of esters is 1. The Hall–Kier alpha value is -3.79. The number of benzene rings is 2. The summed E-state index contributed by atoms with van der Waals surface area (Å²) in [5.74, 6) is -0.561. The molecule has 1 aliphatic rings. The maximum atomic E-state index is 14.0. The first-order chi connectivity index (χ1) is 17.5. The smallest absolute Gasteiger partial charge is 0.321 e. The highest BCUT2D eigenvalue weighted by atomic mass is 16.5. The number of ether oxygens (including phenoxy) is 5. The quantitative estimate of drug-likeness (QED) is 0.239. The number of fused-ring (bicyclic) bond motifs is 3. The van der Waals surface area contributed by atoms with E-state index in [1.54, 1.807) is 31.1 Å². The van der Waals surface area contributed by atoms with Crippen molar-refractivity contribution in [3.05, 3.63) is 42.0 Å². The number of methoxy groups -OCH3 is 4. The molecular formula is C26H31N3O7. The summed E-state index contributed by atoms with van der Waals surface area (Å²) >= 11 is 0. The van der Waals surface area contributed by atoms with E-state index in [-0.39, 0.29) is 6.61 Å². The number of imidazole rings is 1. The van der Waals surface area contributed by atoms with E-state index in [1.165, 1.54) is 21.3 Å². The van der Waals surface area contributed by atoms with E-state index < -0.39 is 23.8 Å². The van der Waals surface area contributed by atoms with E-state index in [9.17, 15) is 9.59 Å². The van der Waals surface area contributed by atoms with Gasteiger partial charge in [-0.3, -0.25) is 14.5 Å². The molecule has 3 aromatic rings. The number of rotatable bonds is 10. The molecule has 2 atom stereocenters. The summed E-state index contributed by atoms with van der Waals surface area (Å²) in [5, 5.41) is 0. The number of hydrogen-bond donors (Lipinski definition) is 0. The number of hydrogen-bond acceptors (Lipinski definition) is 8. The molecular weight excluding hydrogens is 466 g/mol. The van der Waals surface area contributed by atoms with Crippen molar-refractivity contribution in [1.82, 2.24) is 9.55 Å². The average molecular weight is 498 g/mol. The fraction of sp³-hybridized carbons (Fsp3) is 0.423. The van der Waals surface area contributed by atoms with Crippen molar-refractivity contribution < 1.29 is 33.3 Å². The molecule has 4 rings (SSSR count). The molecule has 0 unspecified atom stereocenters. The molecule has 2 aromatic carbocycles. The summed E-state index contributed by atoms with van der Waals surface area (Å²) in [6.07, 6.45) is 0.575. The number of nitrogens with zero attached hydrogens (tertiary/aromatic N) is 3. The summed E-state index contributed by atoms with van der Waals surface area (Å²) in [6.45, 7) is 2.65. The van der Waals surface area contributed by atoms with E-state index in [1.807, 2.05) is 28.8 Å². The third-order valence-electron chi connectivity index (χ3n) is 6.27. The second-order valence-electron chi connectivity index (χ2n) is 8.20. The maximum absolute atomic E-state index is 14.0. The van der Waals surface area contributed by atoms with Gasteiger partial charge in [0.1, 0.15) is 0 Å². The van der Waals surface area contributed by atoms with Gasteiger partial charge in [0.05, 0.1) is 45.0 Å². The van der Waals surface area contributed by atoms with Crippen LogP contribution in [0.25, 0.3) is 11.0 Å². The minimum atomic E-state index is -1.18. The largest absolute Gasteiger partial charge is 0.493 e. The summed E-state index contributed by atoms with van der Waals surface area (Å²) in [7, 11) is 6.15. The zero-order chi connectivity index (χ0) is 25.8. The molecule has 0 spiro atoms. The molecule has 0 aliphatic carbocycles. The van der Waals surface area contributed by atoms with E-state index in [4.69, 9.17) is 28.7 Å². The van der Waals surface area contributed by atoms with Crippen LogP contribution < -0.4 is 19.1 Å². The third kappa shape index (κ3) is 4.21. The van der Waals surface area contributed by atoms with Gasteiger partial charge in [-0.2, -0.15) is 0 Å². The zero-order valence-corrected chi connectivity index (χ0v) is 21.1. The Balaban J connectivity index is 2.02. The minimum absolute atomic E-state index is 0.139. The van der Waals surface area contributed by atoms with Crippen molar-refractivity contribution in [2.45, 2.75) is 19.4 Å². The molecule has 0 N–H and O–H groups in total. The lowest BCUT2D eigenvalue weighted by Gasteiger charge is -2.38. The molecule has 1 aliphatic heterocycles. The van der Waals surface area contributed by atoms with Crippen molar-refractivity contribution in [1.29, 1.82) is 0 Å². The SMILES string of the molecule is CCOC(=O)[C@H]1C(=O)N(CCCOC)c2nc3ccccc3n2[C@H]1c1ccc(OC)c(OC)c1OC. The van der Waals surface area contributed by atoms with Crippen LogP contribution in [-0.2, 0) is 19.1 Å². The van der Waals surface area contributed by atoms with Crippen LogP contribution in [0.4, 0.5) is 5.95 Å². The lowest BCUT2D eigenvalue weighted by Crippen LogP contribution is -2.50. The summed E-state index contributed by atoms with van der Waals surface area (Å²) < 4.78 is 29.3. The number of anilines is 1. The van der Waals surface area contributed by atoms with Gasteiger partial charge in [-0.1, -0.05) is 12.1 Å². The number of carbonyl (C=O) groups excluding carboxylic acids is 2. The van der Waals surface area contributed by atoms with Crippen molar-refractivity contribution in [3.8, 4) is 17.2 Å². The maximum Gasteiger partial charge on any atom is 0.321 e. The molecule has 36 heavy (non-hydrogen) atoms. The van der Waals surface area contributed by atoms with E-state index in [2.05, 4.69) is 0 Å². The number of carbonyl (C=O) groups is 2. The summed E-state index contributed by atoms with van der Waals surface area (Å²) in [6, 6.07) is 10.3. The highest BCUT2D eigenvalue weighted by molar-refractivity contribution is 6.08. The molecule has 1 amide bonds. The van der Waals surface area contributed by atoms with Gasteiger partial charge < -0.3 is 28.3 Å². The van der Waals surface area contributed by atoms with Crippen molar-refractivity contribution in [3.63, 3.8) is 0 Å². The fourth-order valence-corrected chi connectivity index (χ4v) is 4.76. The lowest BCUT2D eigenvalue weighted by atomic mass is 9.88. The van der Waals surface area contributed by atoms with Crippen molar-refractivity contribution in [2.24, 2.45) is 5.92 Å². The lowest BCUT2D eigenvalue weighted by molar-refractivity contribution is -0.153. The van der Waals surface area contributed by atoms with Gasteiger partial charge in [0.25, 0.3) is 0 Å². The van der Waals surface area contributed by atoms with Crippen LogP contribution in [0.5, 0.6) is 17.2 Å². The molecule has 1 aromatic heterocycles. The van der Waals surface area contributed by atoms with Gasteiger partial charge in [0.15, 0.2) is 17.4 Å². The Bertz CT molecular complexity index is 1260. The van der Waals surface area contributed by atoms with Gasteiger partial charge in [0.2, 0.25) is 17.6 Å². The van der Waals surface area contributed by atoms with Gasteiger partial charge in [0, 0.05) is 25.8 Å². The number of para-hydroxylation sites is 2. The first-order valence-electron chi connectivity index (χ1n) is 11.7. The highest BCUT2D eigenvalue weighted by Gasteiger charge is 2.49. The Kier molecular flexibility index (Phi) is 7.64. The monoisotopic (exact) mass is 497 g/mol. The number of amides is 1. The standard InChI is InChI=1S/C26H31N3O7/c1-6-36-25(31)20-21(16-12-13-19(33-3)23(35-5)22(16)34-4)29-18-11-8-7-10-17(18)27-26(29)28(24(20)30)14-9-15-32-2/h7-8,10-13,20-21H,6,9,14-15H2,1-5H3/t20-,21+/m1/s1. The molecule has 2 heterocycles. The minimum Gasteiger partial charge on any atom is -0.493 e. The highest BCUT2D eigenvalue weighted by Crippen LogP contribution is 2.48. The van der Waals surface area contributed by atoms with Crippen molar-refractivity contribution in [2.75, 3.05) is 53.1 Å². The number of aromatic nitrogens is 2. The molecule has 0 bridgehead atoms. The molecule has 10 nitrogen and oxygen atoms in total. The van der Waals surface area contributed by atoms with E-state index >= 15 is 0 Å². The average Bonchev–Trinajstić information content (AvgIpc) is 3.27. The molecule has 192 valence electrons. The first-order valence-corrected chi connectivity index (χ1v) is 11.7. The van der Waals surface area contributed by atoms with E-state index in [0.717, 1.165) is 5.52 Å². The Morgan fingerprint density at radius 3 is 2.42 bits per heavy atom. The Labute approximate surface area is 209 Å². The zero-order valence-electron chi connectivity index (χ0n) is 21.1. The van der Waals surface area contributed by atoms with Crippen molar-refractivity contribution >= 4 is 28.9 Å². The van der Waals surface area contributed by atoms with Gasteiger partial charge in [-0.15, -0.1) is 0 Å². The molecule has 10 heteroatoms. The third-order valence-corrected chi connectivity index (χ3v) is 6.27. The second kappa shape index (κ2) is 10.9. The normalized spacial score (nSPS) is 17.1. The predicted octanol–water partition coefficient (Wildman–Crippen LogP) is 3.21. The van der Waals surface area contributed by atoms with Crippen LogP contribution in [0.3, 0.4) is 0 Å². The molecule has 0 radical (unpaired) electrons. The predicted molar refractivity (Wildman–Crippen MR) is 133 cm³/mol. The van der Waals surface area contributed by atoms with Gasteiger partial charge >= 0.3 is 5.97 Å². The fourth-order valence-electron chi connectivity index (χ4n) is 4.76. The van der Waals surface area contributed by atoms with Crippen LogP contribution in [-0.4, -0.2) is 69.6 Å². The molecule has 0 fully saturated rings.